The molecule has 0 aliphatic rings. The van der Waals surface area contributed by atoms with Crippen LogP contribution in [0.5, 0.6) is 0 Å². The maximum Gasteiger partial charge on any atom is 0.100 e. The van der Waals surface area contributed by atoms with Gasteiger partial charge in [0, 0.05) is 10.9 Å². The number of aryl methyl sites for hydroxylation is 1. The van der Waals surface area contributed by atoms with Crippen molar-refractivity contribution in [2.24, 2.45) is 5.73 Å². The maximum absolute atomic E-state index is 6.19. The number of nitrogens with zero attached hydrogens (tertiary/aromatic N) is 2. The van der Waals surface area contributed by atoms with E-state index in [2.05, 4.69) is 44.2 Å². The van der Waals surface area contributed by atoms with E-state index in [1.54, 1.807) is 0 Å². The van der Waals surface area contributed by atoms with Crippen LogP contribution in [0.25, 0.3) is 22.2 Å². The Bertz CT molecular complexity index is 729. The number of rotatable bonds is 3. The fourth-order valence-electron chi connectivity index (χ4n) is 2.49. The number of nitrogens with two attached hydrogens (primary N) is 1. The SMILES string of the molecule is CCC(N)n1nc(-c2ccccc2)c2cc(C)ccc21. The third-order valence-corrected chi connectivity index (χ3v) is 3.64. The number of benzene rings is 2. The lowest BCUT2D eigenvalue weighted by atomic mass is 10.1. The van der Waals surface area contributed by atoms with Crippen molar-refractivity contribution in [2.75, 3.05) is 0 Å². The van der Waals surface area contributed by atoms with Gasteiger partial charge in [-0.25, -0.2) is 4.68 Å². The Labute approximate surface area is 119 Å². The summed E-state index contributed by atoms with van der Waals surface area (Å²) in [6, 6.07) is 16.7. The summed E-state index contributed by atoms with van der Waals surface area (Å²) in [6.45, 7) is 4.18. The van der Waals surface area contributed by atoms with Crippen LogP contribution in [0.4, 0.5) is 0 Å². The number of fused-ring (bicyclic) bond motifs is 1. The quantitative estimate of drug-likeness (QED) is 0.781. The molecule has 102 valence electrons. The van der Waals surface area contributed by atoms with Crippen molar-refractivity contribution in [3.63, 3.8) is 0 Å². The second-order valence-corrected chi connectivity index (χ2v) is 5.16. The highest BCUT2D eigenvalue weighted by molar-refractivity contribution is 5.93. The molecular weight excluding hydrogens is 246 g/mol. The zero-order valence-electron chi connectivity index (χ0n) is 11.9. The van der Waals surface area contributed by atoms with Gasteiger partial charge in [0.2, 0.25) is 0 Å². The third-order valence-electron chi connectivity index (χ3n) is 3.64. The van der Waals surface area contributed by atoms with Gasteiger partial charge in [-0.05, 0) is 25.5 Å². The van der Waals surface area contributed by atoms with Gasteiger partial charge < -0.3 is 5.73 Å². The van der Waals surface area contributed by atoms with E-state index in [0.29, 0.717) is 0 Å². The van der Waals surface area contributed by atoms with Crippen LogP contribution in [-0.4, -0.2) is 9.78 Å². The molecule has 3 rings (SSSR count). The van der Waals surface area contributed by atoms with Crippen LogP contribution in [0.3, 0.4) is 0 Å². The van der Waals surface area contributed by atoms with Crippen molar-refractivity contribution >= 4 is 10.9 Å². The van der Waals surface area contributed by atoms with E-state index in [1.165, 1.54) is 10.9 Å². The summed E-state index contributed by atoms with van der Waals surface area (Å²) in [5.74, 6) is 0. The Morgan fingerprint density at radius 1 is 1.15 bits per heavy atom. The molecular formula is C17H19N3. The van der Waals surface area contributed by atoms with Crippen LogP contribution >= 0.6 is 0 Å². The first-order chi connectivity index (χ1) is 9.70. The van der Waals surface area contributed by atoms with Crippen LogP contribution in [0.1, 0.15) is 25.1 Å². The van der Waals surface area contributed by atoms with Crippen molar-refractivity contribution in [3.8, 4) is 11.3 Å². The van der Waals surface area contributed by atoms with Gasteiger partial charge in [0.05, 0.1) is 11.7 Å². The molecule has 1 atom stereocenters. The van der Waals surface area contributed by atoms with E-state index < -0.39 is 0 Å². The number of hydrogen-bond acceptors (Lipinski definition) is 2. The second-order valence-electron chi connectivity index (χ2n) is 5.16. The van der Waals surface area contributed by atoms with Gasteiger partial charge in [-0.15, -0.1) is 0 Å². The smallest absolute Gasteiger partial charge is 0.100 e. The van der Waals surface area contributed by atoms with Crippen LogP contribution in [0.15, 0.2) is 48.5 Å². The van der Waals surface area contributed by atoms with E-state index in [9.17, 15) is 0 Å². The Balaban J connectivity index is 2.29. The van der Waals surface area contributed by atoms with Crippen molar-refractivity contribution in [1.29, 1.82) is 0 Å². The summed E-state index contributed by atoms with van der Waals surface area (Å²) in [5.41, 5.74) is 10.7. The minimum absolute atomic E-state index is 0.0855. The van der Waals surface area contributed by atoms with E-state index >= 15 is 0 Å². The van der Waals surface area contributed by atoms with Crippen LogP contribution in [0, 0.1) is 6.92 Å². The Morgan fingerprint density at radius 3 is 2.60 bits per heavy atom. The zero-order chi connectivity index (χ0) is 14.1. The minimum Gasteiger partial charge on any atom is -0.310 e. The summed E-state index contributed by atoms with van der Waals surface area (Å²) >= 11 is 0. The average Bonchev–Trinajstić information content (AvgIpc) is 2.86. The van der Waals surface area contributed by atoms with Gasteiger partial charge in [-0.2, -0.15) is 5.10 Å². The molecule has 3 heteroatoms. The lowest BCUT2D eigenvalue weighted by Gasteiger charge is -2.10. The van der Waals surface area contributed by atoms with Gasteiger partial charge in [0.25, 0.3) is 0 Å². The first-order valence-electron chi connectivity index (χ1n) is 7.00. The first-order valence-corrected chi connectivity index (χ1v) is 7.00. The highest BCUT2D eigenvalue weighted by Gasteiger charge is 2.15. The standard InChI is InChI=1S/C17H19N3/c1-3-16(18)20-15-10-9-12(2)11-14(15)17(19-20)13-7-5-4-6-8-13/h4-11,16H,3,18H2,1-2H3. The minimum atomic E-state index is -0.0855. The molecule has 0 bridgehead atoms. The molecule has 0 aliphatic heterocycles. The Morgan fingerprint density at radius 2 is 1.90 bits per heavy atom. The summed E-state index contributed by atoms with van der Waals surface area (Å²) in [5, 5.41) is 5.93. The number of hydrogen-bond donors (Lipinski definition) is 1. The molecule has 3 nitrogen and oxygen atoms in total. The van der Waals surface area contributed by atoms with Crippen LogP contribution < -0.4 is 5.73 Å². The molecule has 0 amide bonds. The molecule has 2 N–H and O–H groups in total. The molecule has 0 radical (unpaired) electrons. The highest BCUT2D eigenvalue weighted by atomic mass is 15.3. The molecule has 0 spiro atoms. The maximum atomic E-state index is 6.19. The fraction of sp³-hybridized carbons (Fsp3) is 0.235. The predicted molar refractivity (Wildman–Crippen MR) is 83.4 cm³/mol. The molecule has 0 saturated carbocycles. The number of aromatic nitrogens is 2. The second kappa shape index (κ2) is 5.10. The zero-order valence-corrected chi connectivity index (χ0v) is 11.9. The lowest BCUT2D eigenvalue weighted by Crippen LogP contribution is -2.18. The normalized spacial score (nSPS) is 12.8. The van der Waals surface area contributed by atoms with Crippen LogP contribution in [0.2, 0.25) is 0 Å². The van der Waals surface area contributed by atoms with E-state index in [0.717, 1.165) is 23.2 Å². The molecule has 20 heavy (non-hydrogen) atoms. The molecule has 0 fully saturated rings. The molecule has 1 heterocycles. The summed E-state index contributed by atoms with van der Waals surface area (Å²) < 4.78 is 1.94. The lowest BCUT2D eigenvalue weighted by molar-refractivity contribution is 0.472. The third kappa shape index (κ3) is 2.10. The van der Waals surface area contributed by atoms with Gasteiger partial charge in [-0.1, -0.05) is 48.9 Å². The molecule has 0 saturated heterocycles. The molecule has 0 aliphatic carbocycles. The van der Waals surface area contributed by atoms with E-state index in [4.69, 9.17) is 10.8 Å². The summed E-state index contributed by atoms with van der Waals surface area (Å²) in [6.07, 6.45) is 0.775. The van der Waals surface area contributed by atoms with Crippen molar-refractivity contribution in [3.05, 3.63) is 54.1 Å². The van der Waals surface area contributed by atoms with Crippen molar-refractivity contribution in [2.45, 2.75) is 26.4 Å². The molecule has 2 aromatic carbocycles. The fourth-order valence-corrected chi connectivity index (χ4v) is 2.49. The van der Waals surface area contributed by atoms with Crippen LogP contribution in [-0.2, 0) is 0 Å². The monoisotopic (exact) mass is 265 g/mol. The summed E-state index contributed by atoms with van der Waals surface area (Å²) in [4.78, 5) is 0. The van der Waals surface area contributed by atoms with Crippen molar-refractivity contribution in [1.82, 2.24) is 9.78 Å². The first kappa shape index (κ1) is 12.9. The topological polar surface area (TPSA) is 43.8 Å². The Hall–Kier alpha value is -2.13. The molecule has 1 unspecified atom stereocenters. The van der Waals surface area contributed by atoms with Crippen molar-refractivity contribution < 1.29 is 0 Å². The Kier molecular flexibility index (Phi) is 3.28. The van der Waals surface area contributed by atoms with Gasteiger partial charge >= 0.3 is 0 Å². The van der Waals surface area contributed by atoms with Gasteiger partial charge in [-0.3, -0.25) is 0 Å². The summed E-state index contributed by atoms with van der Waals surface area (Å²) in [7, 11) is 0. The molecule has 1 aromatic heterocycles. The van der Waals surface area contributed by atoms with E-state index in [-0.39, 0.29) is 6.17 Å². The van der Waals surface area contributed by atoms with Gasteiger partial charge in [0.1, 0.15) is 5.69 Å². The average molecular weight is 265 g/mol. The van der Waals surface area contributed by atoms with E-state index in [1.807, 2.05) is 22.9 Å². The predicted octanol–water partition coefficient (Wildman–Crippen LogP) is 3.88. The largest absolute Gasteiger partial charge is 0.310 e. The molecule has 3 aromatic rings. The highest BCUT2D eigenvalue weighted by Crippen LogP contribution is 2.30. The van der Waals surface area contributed by atoms with Gasteiger partial charge in [0.15, 0.2) is 0 Å².